The molecule has 1 aliphatic heterocycles. The molecule has 4 nitrogen and oxygen atoms in total. The molecule has 0 aromatic heterocycles. The summed E-state index contributed by atoms with van der Waals surface area (Å²) in [6, 6.07) is -0.108. The Labute approximate surface area is 91.6 Å². The molecule has 1 amide bonds. The standard InChI is InChI=1S/C11H22N2O2/c1-4-11(6-5-7-12-11)10(15)13(3)9(2)8-14/h9,12,14H,4-8H2,1-3H3. The fourth-order valence-corrected chi connectivity index (χ4v) is 2.10. The average Bonchev–Trinajstić information content (AvgIpc) is 2.75. The van der Waals surface area contributed by atoms with Crippen LogP contribution < -0.4 is 5.32 Å². The van der Waals surface area contributed by atoms with E-state index in [0.29, 0.717) is 0 Å². The van der Waals surface area contributed by atoms with Crippen molar-refractivity contribution in [3.05, 3.63) is 0 Å². The van der Waals surface area contributed by atoms with Crippen LogP contribution >= 0.6 is 0 Å². The minimum Gasteiger partial charge on any atom is -0.394 e. The largest absolute Gasteiger partial charge is 0.394 e. The molecule has 0 saturated carbocycles. The Morgan fingerprint density at radius 3 is 2.73 bits per heavy atom. The second-order valence-electron chi connectivity index (χ2n) is 4.41. The van der Waals surface area contributed by atoms with Crippen LogP contribution in [0, 0.1) is 0 Å². The highest BCUT2D eigenvalue weighted by molar-refractivity contribution is 5.86. The minimum absolute atomic E-state index is 0.0159. The van der Waals surface area contributed by atoms with Gasteiger partial charge in [-0.2, -0.15) is 0 Å². The van der Waals surface area contributed by atoms with Crippen molar-refractivity contribution >= 4 is 5.91 Å². The molecule has 4 heteroatoms. The predicted octanol–water partition coefficient (Wildman–Crippen LogP) is 0.358. The molecule has 2 unspecified atom stereocenters. The molecule has 0 aromatic rings. The third-order valence-electron chi connectivity index (χ3n) is 3.50. The first-order valence-electron chi connectivity index (χ1n) is 5.70. The Balaban J connectivity index is 2.72. The van der Waals surface area contributed by atoms with Gasteiger partial charge in [-0.3, -0.25) is 4.79 Å². The summed E-state index contributed by atoms with van der Waals surface area (Å²) in [4.78, 5) is 13.9. The smallest absolute Gasteiger partial charge is 0.242 e. The second kappa shape index (κ2) is 4.94. The van der Waals surface area contributed by atoms with Gasteiger partial charge in [0.2, 0.25) is 5.91 Å². The summed E-state index contributed by atoms with van der Waals surface area (Å²) >= 11 is 0. The zero-order chi connectivity index (χ0) is 11.5. The highest BCUT2D eigenvalue weighted by Crippen LogP contribution is 2.25. The first kappa shape index (κ1) is 12.5. The van der Waals surface area contributed by atoms with Gasteiger partial charge in [0.1, 0.15) is 0 Å². The number of likely N-dealkylation sites (N-methyl/N-ethyl adjacent to an activating group) is 1. The van der Waals surface area contributed by atoms with Gasteiger partial charge in [-0.05, 0) is 32.7 Å². The molecular formula is C11H22N2O2. The number of hydrogen-bond donors (Lipinski definition) is 2. The van der Waals surface area contributed by atoms with Gasteiger partial charge < -0.3 is 15.3 Å². The van der Waals surface area contributed by atoms with Gasteiger partial charge in [-0.1, -0.05) is 6.92 Å². The molecule has 1 fully saturated rings. The van der Waals surface area contributed by atoms with E-state index in [1.165, 1.54) is 0 Å². The molecular weight excluding hydrogens is 192 g/mol. The summed E-state index contributed by atoms with van der Waals surface area (Å²) in [5.41, 5.74) is -0.377. The van der Waals surface area contributed by atoms with Crippen molar-refractivity contribution < 1.29 is 9.90 Å². The number of aliphatic hydroxyl groups excluding tert-OH is 1. The monoisotopic (exact) mass is 214 g/mol. The molecule has 2 N–H and O–H groups in total. The highest BCUT2D eigenvalue weighted by atomic mass is 16.3. The lowest BCUT2D eigenvalue weighted by Crippen LogP contribution is -2.56. The highest BCUT2D eigenvalue weighted by Gasteiger charge is 2.41. The zero-order valence-corrected chi connectivity index (χ0v) is 9.92. The van der Waals surface area contributed by atoms with Crippen molar-refractivity contribution in [3.8, 4) is 0 Å². The quantitative estimate of drug-likeness (QED) is 0.710. The van der Waals surface area contributed by atoms with Crippen LogP contribution in [0.4, 0.5) is 0 Å². The molecule has 15 heavy (non-hydrogen) atoms. The van der Waals surface area contributed by atoms with Crippen LogP contribution in [-0.4, -0.2) is 47.7 Å². The number of carbonyl (C=O) groups excluding carboxylic acids is 1. The van der Waals surface area contributed by atoms with E-state index in [0.717, 1.165) is 25.8 Å². The van der Waals surface area contributed by atoms with E-state index in [4.69, 9.17) is 5.11 Å². The van der Waals surface area contributed by atoms with Gasteiger partial charge in [0.05, 0.1) is 18.2 Å². The molecule has 0 aromatic carbocycles. The van der Waals surface area contributed by atoms with Crippen LogP contribution in [0.15, 0.2) is 0 Å². The van der Waals surface area contributed by atoms with Crippen molar-refractivity contribution in [2.24, 2.45) is 0 Å². The lowest BCUT2D eigenvalue weighted by Gasteiger charge is -2.34. The first-order valence-corrected chi connectivity index (χ1v) is 5.70. The van der Waals surface area contributed by atoms with E-state index in [-0.39, 0.29) is 24.1 Å². The van der Waals surface area contributed by atoms with E-state index in [9.17, 15) is 4.79 Å². The van der Waals surface area contributed by atoms with Crippen LogP contribution in [-0.2, 0) is 4.79 Å². The van der Waals surface area contributed by atoms with Gasteiger partial charge in [0.25, 0.3) is 0 Å². The maximum atomic E-state index is 12.3. The van der Waals surface area contributed by atoms with Crippen LogP contribution in [0.25, 0.3) is 0 Å². The summed E-state index contributed by atoms with van der Waals surface area (Å²) in [5, 5.41) is 12.3. The Kier molecular flexibility index (Phi) is 4.11. The summed E-state index contributed by atoms with van der Waals surface area (Å²) in [6.45, 7) is 4.83. The maximum absolute atomic E-state index is 12.3. The zero-order valence-electron chi connectivity index (χ0n) is 9.92. The van der Waals surface area contributed by atoms with Crippen molar-refractivity contribution in [1.82, 2.24) is 10.2 Å². The Bertz CT molecular complexity index is 225. The molecule has 0 bridgehead atoms. The van der Waals surface area contributed by atoms with Gasteiger partial charge in [-0.15, -0.1) is 0 Å². The number of rotatable bonds is 4. The van der Waals surface area contributed by atoms with E-state index in [1.807, 2.05) is 13.8 Å². The van der Waals surface area contributed by atoms with Gasteiger partial charge in [-0.25, -0.2) is 0 Å². The SMILES string of the molecule is CCC1(C(=O)N(C)C(C)CO)CCCN1. The number of amides is 1. The molecule has 0 aliphatic carbocycles. The summed E-state index contributed by atoms with van der Waals surface area (Å²) < 4.78 is 0. The van der Waals surface area contributed by atoms with Gasteiger partial charge in [0, 0.05) is 7.05 Å². The number of hydrogen-bond acceptors (Lipinski definition) is 3. The van der Waals surface area contributed by atoms with E-state index in [2.05, 4.69) is 5.32 Å². The Morgan fingerprint density at radius 1 is 1.67 bits per heavy atom. The third kappa shape index (κ3) is 2.32. The molecule has 1 saturated heterocycles. The lowest BCUT2D eigenvalue weighted by atomic mass is 9.92. The van der Waals surface area contributed by atoms with E-state index in [1.54, 1.807) is 11.9 Å². The Hall–Kier alpha value is -0.610. The molecule has 0 spiro atoms. The van der Waals surface area contributed by atoms with Gasteiger partial charge >= 0.3 is 0 Å². The van der Waals surface area contributed by atoms with Crippen molar-refractivity contribution in [2.75, 3.05) is 20.2 Å². The number of aliphatic hydroxyl groups is 1. The van der Waals surface area contributed by atoms with Crippen LogP contribution in [0.5, 0.6) is 0 Å². The summed E-state index contributed by atoms with van der Waals surface area (Å²) in [6.07, 6.45) is 2.78. The normalized spacial score (nSPS) is 27.7. The summed E-state index contributed by atoms with van der Waals surface area (Å²) in [5.74, 6) is 0.115. The van der Waals surface area contributed by atoms with Crippen LogP contribution in [0.3, 0.4) is 0 Å². The number of carbonyl (C=O) groups is 1. The van der Waals surface area contributed by atoms with E-state index < -0.39 is 0 Å². The number of nitrogens with zero attached hydrogens (tertiary/aromatic N) is 1. The van der Waals surface area contributed by atoms with Crippen molar-refractivity contribution in [1.29, 1.82) is 0 Å². The molecule has 1 aliphatic rings. The lowest BCUT2D eigenvalue weighted by molar-refractivity contribution is -0.139. The fraction of sp³-hybridized carbons (Fsp3) is 0.909. The second-order valence-corrected chi connectivity index (χ2v) is 4.41. The summed E-state index contributed by atoms with van der Waals surface area (Å²) in [7, 11) is 1.76. The van der Waals surface area contributed by atoms with Gasteiger partial charge in [0.15, 0.2) is 0 Å². The van der Waals surface area contributed by atoms with Crippen molar-refractivity contribution in [3.63, 3.8) is 0 Å². The fourth-order valence-electron chi connectivity index (χ4n) is 2.10. The van der Waals surface area contributed by atoms with Crippen molar-refractivity contribution in [2.45, 2.75) is 44.7 Å². The van der Waals surface area contributed by atoms with Crippen LogP contribution in [0.2, 0.25) is 0 Å². The van der Waals surface area contributed by atoms with E-state index >= 15 is 0 Å². The molecule has 0 radical (unpaired) electrons. The molecule has 1 heterocycles. The molecule has 1 rings (SSSR count). The average molecular weight is 214 g/mol. The molecule has 2 atom stereocenters. The van der Waals surface area contributed by atoms with Crippen LogP contribution in [0.1, 0.15) is 33.1 Å². The number of nitrogens with one attached hydrogen (secondary N) is 1. The maximum Gasteiger partial charge on any atom is 0.242 e. The Morgan fingerprint density at radius 2 is 2.33 bits per heavy atom. The predicted molar refractivity (Wildman–Crippen MR) is 59.6 cm³/mol. The third-order valence-corrected chi connectivity index (χ3v) is 3.50. The minimum atomic E-state index is -0.377. The topological polar surface area (TPSA) is 52.6 Å². The molecule has 88 valence electrons. The first-order chi connectivity index (χ1) is 7.07.